The van der Waals surface area contributed by atoms with E-state index in [0.717, 1.165) is 29.2 Å². The fraction of sp³-hybridized carbons (Fsp3) is 0.538. The Morgan fingerprint density at radius 1 is 1.55 bits per heavy atom. The molecule has 112 valence electrons. The lowest BCUT2D eigenvalue weighted by Gasteiger charge is -2.01. The van der Waals surface area contributed by atoms with Crippen molar-refractivity contribution in [1.29, 1.82) is 0 Å². The fourth-order valence-corrected chi connectivity index (χ4v) is 2.59. The number of rotatable bonds is 8. The van der Waals surface area contributed by atoms with Gasteiger partial charge in [-0.2, -0.15) is 16.9 Å². The summed E-state index contributed by atoms with van der Waals surface area (Å²) in [6, 6.07) is 0. The number of aryl methyl sites for hydroxylation is 2. The number of thioether (sulfide) groups is 1. The fourth-order valence-electron chi connectivity index (χ4n) is 1.57. The molecule has 1 aromatic rings. The minimum Gasteiger partial charge on any atom is -0.396 e. The van der Waals surface area contributed by atoms with Gasteiger partial charge < -0.3 is 10.4 Å². The molecule has 0 unspecified atom stereocenters. The Hall–Kier alpha value is -0.980. The van der Waals surface area contributed by atoms with Crippen molar-refractivity contribution in [2.24, 2.45) is 7.05 Å². The molecule has 0 radical (unpaired) electrons. The van der Waals surface area contributed by atoms with Gasteiger partial charge in [-0.3, -0.25) is 9.48 Å². The van der Waals surface area contributed by atoms with Gasteiger partial charge in [0.1, 0.15) is 5.15 Å². The first kappa shape index (κ1) is 17.1. The second-order valence-electron chi connectivity index (χ2n) is 4.23. The summed E-state index contributed by atoms with van der Waals surface area (Å²) in [5.74, 6) is 1.60. The van der Waals surface area contributed by atoms with Crippen LogP contribution >= 0.6 is 23.4 Å². The number of carbonyl (C=O) groups is 1. The standard InChI is InChI=1S/C13H20ClN3O2S/c1-10-11(13(14)17(2)16-10)4-5-12(19)15-6-9-20-8-3-7-18/h4-5,18H,3,6-9H2,1-2H3,(H,15,19)/b5-4+. The van der Waals surface area contributed by atoms with Crippen molar-refractivity contribution in [2.75, 3.05) is 24.7 Å². The molecule has 1 heterocycles. The van der Waals surface area contributed by atoms with E-state index in [9.17, 15) is 4.79 Å². The molecule has 7 heteroatoms. The minimum absolute atomic E-state index is 0.146. The van der Waals surface area contributed by atoms with Gasteiger partial charge in [-0.25, -0.2) is 0 Å². The monoisotopic (exact) mass is 317 g/mol. The van der Waals surface area contributed by atoms with Crippen LogP contribution in [-0.2, 0) is 11.8 Å². The van der Waals surface area contributed by atoms with Gasteiger partial charge in [0, 0.05) is 37.6 Å². The summed E-state index contributed by atoms with van der Waals surface area (Å²) in [7, 11) is 1.76. The zero-order valence-electron chi connectivity index (χ0n) is 11.7. The Morgan fingerprint density at radius 3 is 2.90 bits per heavy atom. The van der Waals surface area contributed by atoms with Crippen LogP contribution in [0.4, 0.5) is 0 Å². The summed E-state index contributed by atoms with van der Waals surface area (Å²) < 4.78 is 1.58. The molecule has 1 rings (SSSR count). The Balaban J connectivity index is 2.33. The zero-order valence-corrected chi connectivity index (χ0v) is 13.3. The number of aliphatic hydroxyl groups excluding tert-OH is 1. The first-order chi connectivity index (χ1) is 9.56. The lowest BCUT2D eigenvalue weighted by Crippen LogP contribution is -2.23. The molecule has 0 aliphatic carbocycles. The van der Waals surface area contributed by atoms with Gasteiger partial charge in [-0.1, -0.05) is 11.6 Å². The molecule has 0 saturated carbocycles. The van der Waals surface area contributed by atoms with Gasteiger partial charge in [0.2, 0.25) is 5.91 Å². The van der Waals surface area contributed by atoms with Gasteiger partial charge >= 0.3 is 0 Å². The lowest BCUT2D eigenvalue weighted by atomic mass is 10.2. The van der Waals surface area contributed by atoms with Crippen molar-refractivity contribution in [2.45, 2.75) is 13.3 Å². The molecule has 20 heavy (non-hydrogen) atoms. The molecule has 5 nitrogen and oxygen atoms in total. The third-order valence-electron chi connectivity index (χ3n) is 2.59. The Kier molecular flexibility index (Phi) is 7.72. The van der Waals surface area contributed by atoms with Gasteiger partial charge in [0.05, 0.1) is 5.69 Å². The Bertz CT molecular complexity index is 474. The molecular weight excluding hydrogens is 298 g/mol. The molecule has 1 amide bonds. The predicted octanol–water partition coefficient (Wildman–Crippen LogP) is 1.63. The Morgan fingerprint density at radius 2 is 2.30 bits per heavy atom. The first-order valence-corrected chi connectivity index (χ1v) is 7.93. The smallest absolute Gasteiger partial charge is 0.244 e. The van der Waals surface area contributed by atoms with Crippen LogP contribution in [0, 0.1) is 6.92 Å². The average molecular weight is 318 g/mol. The van der Waals surface area contributed by atoms with Gasteiger partial charge in [0.15, 0.2) is 0 Å². The molecular formula is C13H20ClN3O2S. The number of hydrogen-bond donors (Lipinski definition) is 2. The van der Waals surface area contributed by atoms with Crippen molar-refractivity contribution < 1.29 is 9.90 Å². The van der Waals surface area contributed by atoms with Crippen LogP contribution < -0.4 is 5.32 Å². The highest BCUT2D eigenvalue weighted by molar-refractivity contribution is 7.99. The molecule has 0 aromatic carbocycles. The summed E-state index contributed by atoms with van der Waals surface area (Å²) in [5.41, 5.74) is 1.56. The van der Waals surface area contributed by atoms with Crippen LogP contribution in [-0.4, -0.2) is 45.5 Å². The van der Waals surface area contributed by atoms with Crippen molar-refractivity contribution in [3.8, 4) is 0 Å². The second kappa shape index (κ2) is 9.05. The second-order valence-corrected chi connectivity index (χ2v) is 5.81. The number of aliphatic hydroxyl groups is 1. The largest absolute Gasteiger partial charge is 0.396 e. The normalized spacial score (nSPS) is 11.2. The number of halogens is 1. The van der Waals surface area contributed by atoms with Crippen molar-refractivity contribution in [3.05, 3.63) is 22.5 Å². The topological polar surface area (TPSA) is 67.2 Å². The van der Waals surface area contributed by atoms with E-state index in [1.165, 1.54) is 6.08 Å². The molecule has 0 atom stereocenters. The van der Waals surface area contributed by atoms with Crippen molar-refractivity contribution in [3.63, 3.8) is 0 Å². The van der Waals surface area contributed by atoms with E-state index in [1.807, 2.05) is 6.92 Å². The Labute approximate surface area is 128 Å². The van der Waals surface area contributed by atoms with Gasteiger partial charge in [-0.15, -0.1) is 0 Å². The number of nitrogens with zero attached hydrogens (tertiary/aromatic N) is 2. The maximum atomic E-state index is 11.6. The summed E-state index contributed by atoms with van der Waals surface area (Å²) in [6.07, 6.45) is 3.94. The molecule has 0 aliphatic heterocycles. The van der Waals surface area contributed by atoms with Gasteiger partial charge in [-0.05, 0) is 25.2 Å². The highest BCUT2D eigenvalue weighted by Crippen LogP contribution is 2.19. The quantitative estimate of drug-likeness (QED) is 0.565. The summed E-state index contributed by atoms with van der Waals surface area (Å²) in [4.78, 5) is 11.6. The molecule has 2 N–H and O–H groups in total. The molecule has 1 aromatic heterocycles. The van der Waals surface area contributed by atoms with E-state index in [1.54, 1.807) is 29.6 Å². The molecule has 0 fully saturated rings. The maximum absolute atomic E-state index is 11.6. The van der Waals surface area contributed by atoms with Crippen LogP contribution in [0.3, 0.4) is 0 Å². The predicted molar refractivity (Wildman–Crippen MR) is 84.0 cm³/mol. The van der Waals surface area contributed by atoms with E-state index in [0.29, 0.717) is 11.7 Å². The highest BCUT2D eigenvalue weighted by Gasteiger charge is 2.08. The lowest BCUT2D eigenvalue weighted by molar-refractivity contribution is -0.116. The SMILES string of the molecule is Cc1nn(C)c(Cl)c1/C=C/C(=O)NCCSCCCO. The van der Waals surface area contributed by atoms with E-state index >= 15 is 0 Å². The number of aromatic nitrogens is 2. The summed E-state index contributed by atoms with van der Waals surface area (Å²) in [5, 5.41) is 16.1. The van der Waals surface area contributed by atoms with E-state index in [2.05, 4.69) is 10.4 Å². The molecule has 0 spiro atoms. The van der Waals surface area contributed by atoms with Crippen molar-refractivity contribution in [1.82, 2.24) is 15.1 Å². The van der Waals surface area contributed by atoms with Crippen LogP contribution in [0.25, 0.3) is 6.08 Å². The average Bonchev–Trinajstić information content (AvgIpc) is 2.65. The van der Waals surface area contributed by atoms with Gasteiger partial charge in [0.25, 0.3) is 0 Å². The maximum Gasteiger partial charge on any atom is 0.244 e. The zero-order chi connectivity index (χ0) is 15.0. The molecule has 0 saturated heterocycles. The summed E-state index contributed by atoms with van der Waals surface area (Å²) in [6.45, 7) is 2.67. The number of carbonyl (C=O) groups excluding carboxylic acids is 1. The molecule has 0 bridgehead atoms. The van der Waals surface area contributed by atoms with Crippen LogP contribution in [0.5, 0.6) is 0 Å². The van der Waals surface area contributed by atoms with Crippen LogP contribution in [0.1, 0.15) is 17.7 Å². The first-order valence-electron chi connectivity index (χ1n) is 6.40. The number of hydrogen-bond acceptors (Lipinski definition) is 4. The number of amides is 1. The number of nitrogens with one attached hydrogen (secondary N) is 1. The van der Waals surface area contributed by atoms with Crippen LogP contribution in [0.15, 0.2) is 6.08 Å². The molecule has 0 aliphatic rings. The van der Waals surface area contributed by atoms with E-state index < -0.39 is 0 Å². The third kappa shape index (κ3) is 5.56. The highest BCUT2D eigenvalue weighted by atomic mass is 35.5. The van der Waals surface area contributed by atoms with Crippen molar-refractivity contribution >= 4 is 35.3 Å². The van der Waals surface area contributed by atoms with E-state index in [4.69, 9.17) is 16.7 Å². The summed E-state index contributed by atoms with van der Waals surface area (Å²) >= 11 is 7.78. The van der Waals surface area contributed by atoms with Crippen LogP contribution in [0.2, 0.25) is 5.15 Å². The third-order valence-corrected chi connectivity index (χ3v) is 4.11. The minimum atomic E-state index is -0.146. The van der Waals surface area contributed by atoms with E-state index in [-0.39, 0.29) is 12.5 Å².